The first-order chi connectivity index (χ1) is 20.1. The molecule has 3 unspecified atom stereocenters. The van der Waals surface area contributed by atoms with Gasteiger partial charge in [0, 0.05) is 30.7 Å². The van der Waals surface area contributed by atoms with Crippen LogP contribution in [0.5, 0.6) is 0 Å². The van der Waals surface area contributed by atoms with Gasteiger partial charge >= 0.3 is 0 Å². The van der Waals surface area contributed by atoms with Gasteiger partial charge < -0.3 is 24.5 Å². The molecule has 1 spiro atoms. The maximum absolute atomic E-state index is 14.9. The van der Waals surface area contributed by atoms with Crippen LogP contribution in [-0.4, -0.2) is 88.0 Å². The molecule has 8 nitrogen and oxygen atoms in total. The number of fused-ring (bicyclic) bond motifs is 2. The number of aliphatic hydroxyl groups is 1. The molecule has 3 aliphatic heterocycles. The number of alkyl halides is 1. The molecule has 3 aliphatic rings. The molecule has 0 radical (unpaired) electrons. The van der Waals surface area contributed by atoms with E-state index in [9.17, 15) is 19.5 Å². The Labute approximate surface area is 256 Å². The van der Waals surface area contributed by atoms with E-state index in [1.807, 2.05) is 56.3 Å². The summed E-state index contributed by atoms with van der Waals surface area (Å²) >= 11 is 3.74. The van der Waals surface area contributed by atoms with Crippen LogP contribution in [0.2, 0.25) is 0 Å². The first kappa shape index (κ1) is 30.4. The lowest BCUT2D eigenvalue weighted by Gasteiger charge is -2.40. The van der Waals surface area contributed by atoms with Crippen LogP contribution in [0.1, 0.15) is 26.7 Å². The minimum Gasteiger partial charge on any atom is -0.394 e. The van der Waals surface area contributed by atoms with E-state index in [-0.39, 0.29) is 41.6 Å². The summed E-state index contributed by atoms with van der Waals surface area (Å²) in [5, 5.41) is 12.6. The van der Waals surface area contributed by atoms with Crippen molar-refractivity contribution in [2.45, 2.75) is 55.3 Å². The summed E-state index contributed by atoms with van der Waals surface area (Å²) in [6, 6.07) is 12.1. The van der Waals surface area contributed by atoms with E-state index in [1.54, 1.807) is 33.9 Å². The number of ether oxygens (including phenoxy) is 1. The van der Waals surface area contributed by atoms with Gasteiger partial charge in [0.05, 0.1) is 30.6 Å². The number of halogens is 1. The number of benzene rings is 2. The molecule has 3 heterocycles. The van der Waals surface area contributed by atoms with Crippen molar-refractivity contribution in [1.29, 1.82) is 0 Å². The highest BCUT2D eigenvalue weighted by molar-refractivity contribution is 9.09. The van der Waals surface area contributed by atoms with Crippen molar-refractivity contribution in [2.24, 2.45) is 17.8 Å². The van der Waals surface area contributed by atoms with Crippen LogP contribution in [0.4, 0.5) is 5.69 Å². The number of rotatable bonds is 11. The number of aliphatic hydroxyl groups excluding tert-OH is 1. The lowest BCUT2D eigenvalue weighted by Crippen LogP contribution is -2.59. The summed E-state index contributed by atoms with van der Waals surface area (Å²) in [6.45, 7) is 11.9. The molecule has 0 aliphatic carbocycles. The Morgan fingerprint density at radius 2 is 1.83 bits per heavy atom. The van der Waals surface area contributed by atoms with Gasteiger partial charge in [-0.1, -0.05) is 72.3 Å². The summed E-state index contributed by atoms with van der Waals surface area (Å²) < 4.78 is 6.69. The van der Waals surface area contributed by atoms with Gasteiger partial charge in [-0.2, -0.15) is 0 Å². The highest BCUT2D eigenvalue weighted by Gasteiger charge is 2.77. The zero-order valence-corrected chi connectivity index (χ0v) is 26.1. The van der Waals surface area contributed by atoms with E-state index >= 15 is 0 Å². The molecule has 3 saturated heterocycles. The van der Waals surface area contributed by atoms with Gasteiger partial charge in [-0.25, -0.2) is 0 Å². The molecule has 0 aromatic heterocycles. The monoisotopic (exact) mass is 637 g/mol. The average molecular weight is 639 g/mol. The highest BCUT2D eigenvalue weighted by atomic mass is 79.9. The SMILES string of the molecule is C=CCN(C)C(=O)[C@H]1[C@H]2C(=O)N([C@@H](CO)CC(C)C)C(C(=O)N(CC=C)c3ccc4ccccc4c3)C23CC(Br)[C@@H]1O3. The smallest absolute Gasteiger partial charge is 0.253 e. The molecule has 5 rings (SSSR count). The van der Waals surface area contributed by atoms with E-state index in [4.69, 9.17) is 4.74 Å². The van der Waals surface area contributed by atoms with Gasteiger partial charge in [-0.15, -0.1) is 13.2 Å². The van der Waals surface area contributed by atoms with Crippen LogP contribution >= 0.6 is 15.9 Å². The lowest BCUT2D eigenvalue weighted by atomic mass is 9.70. The number of nitrogens with zero attached hydrogens (tertiary/aromatic N) is 3. The molecule has 2 aromatic rings. The molecule has 3 amide bonds. The quantitative estimate of drug-likeness (QED) is 0.295. The number of carbonyl (C=O) groups excluding carboxylic acids is 3. The molecule has 9 heteroatoms. The number of anilines is 1. The van der Waals surface area contributed by atoms with Gasteiger partial charge in [-0.05, 0) is 41.7 Å². The second-order valence-corrected chi connectivity index (χ2v) is 13.3. The summed E-state index contributed by atoms with van der Waals surface area (Å²) in [5.41, 5.74) is -0.542. The molecular formula is C33H40BrN3O5. The van der Waals surface area contributed by atoms with Crippen LogP contribution in [-0.2, 0) is 19.1 Å². The van der Waals surface area contributed by atoms with Crippen LogP contribution in [0, 0.1) is 17.8 Å². The molecule has 42 heavy (non-hydrogen) atoms. The van der Waals surface area contributed by atoms with E-state index in [0.717, 1.165) is 10.8 Å². The van der Waals surface area contributed by atoms with E-state index in [2.05, 4.69) is 29.1 Å². The number of hydrogen-bond donors (Lipinski definition) is 1. The zero-order valence-electron chi connectivity index (χ0n) is 24.5. The molecule has 7 atom stereocenters. The third kappa shape index (κ3) is 4.89. The summed E-state index contributed by atoms with van der Waals surface area (Å²) in [5.74, 6) is -2.26. The first-order valence-corrected chi connectivity index (χ1v) is 15.5. The summed E-state index contributed by atoms with van der Waals surface area (Å²) in [4.78, 5) is 47.7. The number of carbonyl (C=O) groups is 3. The van der Waals surface area contributed by atoms with Crippen molar-refractivity contribution in [2.75, 3.05) is 31.6 Å². The fourth-order valence-corrected chi connectivity index (χ4v) is 8.27. The standard InChI is InChI=1S/C33H40BrN3O5/c1-6-14-35(5)30(39)26-27-31(40)37(24(19-38)16-20(3)4)29(33(27)18-25(34)28(26)42-33)32(41)36(15-7-2)23-13-12-21-10-8-9-11-22(21)17-23/h6-13,17,20,24-29,38H,1-2,14-16,18-19H2,3-5H3/t24-,25?,26+,27+,28+,29?,33?/m1/s1. The Balaban J connectivity index is 1.63. The van der Waals surface area contributed by atoms with Crippen LogP contribution in [0.15, 0.2) is 67.8 Å². The minimum absolute atomic E-state index is 0.158. The fourth-order valence-electron chi connectivity index (χ4n) is 7.32. The van der Waals surface area contributed by atoms with Gasteiger partial charge in [0.1, 0.15) is 11.6 Å². The van der Waals surface area contributed by atoms with Gasteiger partial charge in [0.2, 0.25) is 11.8 Å². The predicted octanol–water partition coefficient (Wildman–Crippen LogP) is 4.16. The van der Waals surface area contributed by atoms with Crippen LogP contribution in [0.3, 0.4) is 0 Å². The van der Waals surface area contributed by atoms with E-state index in [0.29, 0.717) is 25.1 Å². The van der Waals surface area contributed by atoms with Crippen LogP contribution in [0.25, 0.3) is 10.8 Å². The van der Waals surface area contributed by atoms with Gasteiger partial charge in [0.25, 0.3) is 5.91 Å². The Morgan fingerprint density at radius 1 is 1.14 bits per heavy atom. The average Bonchev–Trinajstić information content (AvgIpc) is 3.56. The summed E-state index contributed by atoms with van der Waals surface area (Å²) in [7, 11) is 1.69. The maximum atomic E-state index is 14.9. The molecule has 2 bridgehead atoms. The first-order valence-electron chi connectivity index (χ1n) is 14.6. The van der Waals surface area contributed by atoms with Gasteiger partial charge in [0.15, 0.2) is 0 Å². The molecule has 224 valence electrons. The molecule has 0 saturated carbocycles. The fraction of sp³-hybridized carbons (Fsp3) is 0.485. The second-order valence-electron chi connectivity index (χ2n) is 12.2. The number of amides is 3. The topological polar surface area (TPSA) is 90.4 Å². The molecule has 1 N–H and O–H groups in total. The van der Waals surface area contributed by atoms with Crippen molar-refractivity contribution in [3.05, 3.63) is 67.8 Å². The second kappa shape index (κ2) is 11.9. The molecule has 2 aromatic carbocycles. The van der Waals surface area contributed by atoms with Crippen molar-refractivity contribution in [3.63, 3.8) is 0 Å². The predicted molar refractivity (Wildman–Crippen MR) is 167 cm³/mol. The number of hydrogen-bond acceptors (Lipinski definition) is 5. The van der Waals surface area contributed by atoms with Gasteiger partial charge in [-0.3, -0.25) is 14.4 Å². The largest absolute Gasteiger partial charge is 0.394 e. The third-order valence-electron chi connectivity index (χ3n) is 9.00. The van der Waals surface area contributed by atoms with Crippen molar-refractivity contribution < 1.29 is 24.2 Å². The minimum atomic E-state index is -1.22. The summed E-state index contributed by atoms with van der Waals surface area (Å²) in [6.07, 6.45) is 3.65. The lowest BCUT2D eigenvalue weighted by molar-refractivity contribution is -0.147. The normalized spacial score (nSPS) is 28.7. The number of likely N-dealkylation sites (tertiary alicyclic amines) is 1. The Kier molecular flexibility index (Phi) is 8.65. The maximum Gasteiger partial charge on any atom is 0.253 e. The van der Waals surface area contributed by atoms with Crippen molar-refractivity contribution >= 4 is 50.1 Å². The number of likely N-dealkylation sites (N-methyl/N-ethyl adjacent to an activating group) is 1. The zero-order chi connectivity index (χ0) is 30.3. The third-order valence-corrected chi connectivity index (χ3v) is 9.84. The van der Waals surface area contributed by atoms with Crippen molar-refractivity contribution in [1.82, 2.24) is 9.80 Å². The Hall–Kier alpha value is -3.01. The molecule has 3 fully saturated rings. The molecular weight excluding hydrogens is 598 g/mol. The van der Waals surface area contributed by atoms with E-state index < -0.39 is 35.6 Å². The van der Waals surface area contributed by atoms with Crippen LogP contribution < -0.4 is 4.90 Å². The van der Waals surface area contributed by atoms with Crippen molar-refractivity contribution in [3.8, 4) is 0 Å². The van der Waals surface area contributed by atoms with E-state index in [1.165, 1.54) is 0 Å². The Bertz CT molecular complexity index is 1400. The highest BCUT2D eigenvalue weighted by Crippen LogP contribution is 2.61. The Morgan fingerprint density at radius 3 is 2.48 bits per heavy atom.